The van der Waals surface area contributed by atoms with Crippen LogP contribution in [0.25, 0.3) is 10.4 Å². The molecular formula is C16H17N5OS. The van der Waals surface area contributed by atoms with Gasteiger partial charge in [-0.05, 0) is 30.5 Å². The Morgan fingerprint density at radius 2 is 2.22 bits per heavy atom. The Balaban J connectivity index is 1.67. The molecule has 0 unspecified atom stereocenters. The summed E-state index contributed by atoms with van der Waals surface area (Å²) in [7, 11) is 0. The van der Waals surface area contributed by atoms with Gasteiger partial charge in [0.2, 0.25) is 0 Å². The van der Waals surface area contributed by atoms with Crippen LogP contribution in [0.1, 0.15) is 18.4 Å². The summed E-state index contributed by atoms with van der Waals surface area (Å²) in [6.07, 6.45) is 3.37. The van der Waals surface area contributed by atoms with E-state index in [-0.39, 0.29) is 12.1 Å². The second-order valence-corrected chi connectivity index (χ2v) is 6.51. The number of nitriles is 1. The highest BCUT2D eigenvalue weighted by Crippen LogP contribution is 2.29. The molecule has 3 N–H and O–H groups in total. The quantitative estimate of drug-likeness (QED) is 0.886. The fourth-order valence-electron chi connectivity index (χ4n) is 2.48. The number of anilines is 1. The molecule has 0 radical (unpaired) electrons. The van der Waals surface area contributed by atoms with Gasteiger partial charge in [-0.15, -0.1) is 0 Å². The molecular weight excluding hydrogens is 310 g/mol. The minimum atomic E-state index is -0.136. The lowest BCUT2D eigenvalue weighted by Gasteiger charge is -2.29. The molecule has 0 atom stereocenters. The summed E-state index contributed by atoms with van der Waals surface area (Å²) in [5.74, 6) is 0. The third-order valence-electron chi connectivity index (χ3n) is 3.82. The lowest BCUT2D eigenvalue weighted by Crippen LogP contribution is -2.44. The number of hydrogen-bond acceptors (Lipinski definition) is 5. The van der Waals surface area contributed by atoms with E-state index in [2.05, 4.69) is 16.4 Å². The Kier molecular flexibility index (Phi) is 4.55. The van der Waals surface area contributed by atoms with Gasteiger partial charge in [0.15, 0.2) is 5.13 Å². The summed E-state index contributed by atoms with van der Waals surface area (Å²) >= 11 is 1.39. The maximum atomic E-state index is 12.2. The topological polar surface area (TPSA) is 95.0 Å². The van der Waals surface area contributed by atoms with Crippen LogP contribution in [0, 0.1) is 11.3 Å². The normalized spacial score (nSPS) is 15.2. The molecule has 118 valence electrons. The number of carbonyl (C=O) groups excluding carboxylic acids is 1. The Morgan fingerprint density at radius 3 is 2.96 bits per heavy atom. The van der Waals surface area contributed by atoms with Gasteiger partial charge in [0.1, 0.15) is 0 Å². The fraction of sp³-hybridized carbons (Fsp3) is 0.312. The van der Waals surface area contributed by atoms with E-state index in [0.717, 1.165) is 23.3 Å². The lowest BCUT2D eigenvalue weighted by molar-refractivity contribution is 0.195. The number of carbonyl (C=O) groups is 1. The van der Waals surface area contributed by atoms with Crippen molar-refractivity contribution in [3.05, 3.63) is 36.0 Å². The molecule has 0 spiro atoms. The minimum absolute atomic E-state index is 0.136. The summed E-state index contributed by atoms with van der Waals surface area (Å²) < 4.78 is 0. The molecule has 7 heteroatoms. The number of likely N-dealkylation sites (tertiary alicyclic amines) is 1. The van der Waals surface area contributed by atoms with Crippen LogP contribution in [0.2, 0.25) is 0 Å². The first kappa shape index (κ1) is 15.5. The number of piperidine rings is 1. The third kappa shape index (κ3) is 3.67. The van der Waals surface area contributed by atoms with Crippen molar-refractivity contribution in [2.24, 2.45) is 5.73 Å². The maximum absolute atomic E-state index is 12.2. The summed E-state index contributed by atoms with van der Waals surface area (Å²) in [6, 6.07) is 9.50. The van der Waals surface area contributed by atoms with E-state index < -0.39 is 0 Å². The summed E-state index contributed by atoms with van der Waals surface area (Å²) in [6.45, 7) is 1.35. The van der Waals surface area contributed by atoms with E-state index >= 15 is 0 Å². The van der Waals surface area contributed by atoms with Gasteiger partial charge in [-0.1, -0.05) is 23.5 Å². The van der Waals surface area contributed by atoms with Crippen LogP contribution in [-0.2, 0) is 0 Å². The number of nitrogens with one attached hydrogen (secondary N) is 1. The first-order valence-electron chi connectivity index (χ1n) is 7.43. The van der Waals surface area contributed by atoms with Crippen molar-refractivity contribution in [3.8, 4) is 16.5 Å². The molecule has 2 amide bonds. The maximum Gasteiger partial charge on any atom is 0.323 e. The van der Waals surface area contributed by atoms with E-state index in [4.69, 9.17) is 11.0 Å². The molecule has 2 aromatic rings. The Bertz CT molecular complexity index is 743. The van der Waals surface area contributed by atoms with Crippen molar-refractivity contribution in [2.75, 3.05) is 18.4 Å². The average molecular weight is 327 g/mol. The van der Waals surface area contributed by atoms with Crippen LogP contribution in [0.3, 0.4) is 0 Å². The molecule has 6 nitrogen and oxygen atoms in total. The number of thiazole rings is 1. The molecule has 1 aromatic carbocycles. The van der Waals surface area contributed by atoms with E-state index in [1.807, 2.05) is 18.2 Å². The van der Waals surface area contributed by atoms with Crippen LogP contribution >= 0.6 is 11.3 Å². The molecule has 0 aliphatic carbocycles. The Labute approximate surface area is 138 Å². The number of nitrogens with zero attached hydrogens (tertiary/aromatic N) is 3. The third-order valence-corrected chi connectivity index (χ3v) is 4.78. The Hall–Kier alpha value is -2.43. The van der Waals surface area contributed by atoms with E-state index in [0.29, 0.717) is 23.8 Å². The van der Waals surface area contributed by atoms with Crippen molar-refractivity contribution < 1.29 is 4.79 Å². The highest BCUT2D eigenvalue weighted by Gasteiger charge is 2.21. The van der Waals surface area contributed by atoms with Crippen molar-refractivity contribution >= 4 is 22.5 Å². The number of hydrogen-bond donors (Lipinski definition) is 2. The predicted octanol–water partition coefficient (Wildman–Crippen LogP) is 2.64. The predicted molar refractivity (Wildman–Crippen MR) is 90.1 cm³/mol. The second kappa shape index (κ2) is 6.77. The first-order chi connectivity index (χ1) is 11.2. The number of aromatic nitrogens is 1. The highest BCUT2D eigenvalue weighted by molar-refractivity contribution is 7.19. The van der Waals surface area contributed by atoms with Crippen molar-refractivity contribution in [2.45, 2.75) is 18.9 Å². The number of amides is 2. The molecule has 1 fully saturated rings. The summed E-state index contributed by atoms with van der Waals surface area (Å²) in [5.41, 5.74) is 7.37. The number of nitrogens with two attached hydrogens (primary N) is 1. The van der Waals surface area contributed by atoms with Gasteiger partial charge in [-0.25, -0.2) is 9.78 Å². The zero-order valence-corrected chi connectivity index (χ0v) is 13.3. The van der Waals surface area contributed by atoms with Crippen LogP contribution in [0.15, 0.2) is 30.5 Å². The summed E-state index contributed by atoms with van der Waals surface area (Å²) in [4.78, 5) is 19.1. The van der Waals surface area contributed by atoms with Gasteiger partial charge >= 0.3 is 6.03 Å². The number of benzene rings is 1. The second-order valence-electron chi connectivity index (χ2n) is 5.48. The van der Waals surface area contributed by atoms with Gasteiger partial charge in [-0.2, -0.15) is 5.26 Å². The molecule has 1 aliphatic rings. The zero-order chi connectivity index (χ0) is 16.2. The SMILES string of the molecule is N#Cc1cccc(-c2cnc(NC(=O)N3CCC(N)CC3)s2)c1. The molecule has 1 aliphatic heterocycles. The van der Waals surface area contributed by atoms with E-state index in [1.54, 1.807) is 17.2 Å². The van der Waals surface area contributed by atoms with Crippen LogP contribution < -0.4 is 11.1 Å². The van der Waals surface area contributed by atoms with Gasteiger partial charge in [0.05, 0.1) is 16.5 Å². The highest BCUT2D eigenvalue weighted by atomic mass is 32.1. The van der Waals surface area contributed by atoms with Crippen LogP contribution in [-0.4, -0.2) is 35.0 Å². The zero-order valence-electron chi connectivity index (χ0n) is 12.5. The molecule has 2 heterocycles. The molecule has 0 bridgehead atoms. The van der Waals surface area contributed by atoms with Gasteiger partial charge in [-0.3, -0.25) is 5.32 Å². The first-order valence-corrected chi connectivity index (χ1v) is 8.25. The Morgan fingerprint density at radius 1 is 1.43 bits per heavy atom. The number of rotatable bonds is 2. The lowest BCUT2D eigenvalue weighted by atomic mass is 10.1. The molecule has 0 saturated carbocycles. The van der Waals surface area contributed by atoms with E-state index in [9.17, 15) is 4.79 Å². The van der Waals surface area contributed by atoms with E-state index in [1.165, 1.54) is 11.3 Å². The minimum Gasteiger partial charge on any atom is -0.328 e. The van der Waals surface area contributed by atoms with Crippen LogP contribution in [0.5, 0.6) is 0 Å². The monoisotopic (exact) mass is 327 g/mol. The smallest absolute Gasteiger partial charge is 0.323 e. The van der Waals surface area contributed by atoms with Gasteiger partial charge in [0.25, 0.3) is 0 Å². The van der Waals surface area contributed by atoms with Crippen molar-refractivity contribution in [1.29, 1.82) is 5.26 Å². The van der Waals surface area contributed by atoms with Gasteiger partial charge in [0, 0.05) is 25.3 Å². The largest absolute Gasteiger partial charge is 0.328 e. The summed E-state index contributed by atoms with van der Waals surface area (Å²) in [5, 5.41) is 12.4. The van der Waals surface area contributed by atoms with Crippen LogP contribution in [0.4, 0.5) is 9.93 Å². The molecule has 1 aromatic heterocycles. The molecule has 3 rings (SSSR count). The fourth-order valence-corrected chi connectivity index (χ4v) is 3.28. The molecule has 1 saturated heterocycles. The molecule has 23 heavy (non-hydrogen) atoms. The number of urea groups is 1. The standard InChI is InChI=1S/C16H17N5OS/c17-9-11-2-1-3-12(8-11)14-10-19-15(23-14)20-16(22)21-6-4-13(18)5-7-21/h1-3,8,10,13H,4-7,18H2,(H,19,20,22). The average Bonchev–Trinajstić information content (AvgIpc) is 3.04. The van der Waals surface area contributed by atoms with Crippen molar-refractivity contribution in [3.63, 3.8) is 0 Å². The van der Waals surface area contributed by atoms with Crippen molar-refractivity contribution in [1.82, 2.24) is 9.88 Å². The van der Waals surface area contributed by atoms with Gasteiger partial charge < -0.3 is 10.6 Å².